The van der Waals surface area contributed by atoms with Crippen LogP contribution in [-0.2, 0) is 16.1 Å². The summed E-state index contributed by atoms with van der Waals surface area (Å²) in [5.41, 5.74) is 0.930. The van der Waals surface area contributed by atoms with Crippen molar-refractivity contribution in [2.24, 2.45) is 11.8 Å². The Morgan fingerprint density at radius 1 is 1.25 bits per heavy atom. The van der Waals surface area contributed by atoms with Gasteiger partial charge in [0.2, 0.25) is 0 Å². The molecule has 0 radical (unpaired) electrons. The van der Waals surface area contributed by atoms with Crippen LogP contribution in [0.15, 0.2) is 30.3 Å². The topological polar surface area (TPSA) is 55.4 Å². The highest BCUT2D eigenvalue weighted by Gasteiger charge is 2.21. The van der Waals surface area contributed by atoms with Crippen molar-refractivity contribution in [1.82, 2.24) is 5.32 Å². The number of hydrogen-bond acceptors (Lipinski definition) is 3. The molecule has 0 aromatic heterocycles. The van der Waals surface area contributed by atoms with Crippen molar-refractivity contribution in [2.75, 3.05) is 11.9 Å². The number of benzene rings is 1. The number of carbonyl (C=O) groups is 2. The summed E-state index contributed by atoms with van der Waals surface area (Å²) in [4.78, 5) is 23.3. The van der Waals surface area contributed by atoms with Gasteiger partial charge in [-0.25, -0.2) is 4.79 Å². The second-order valence-corrected chi connectivity index (χ2v) is 5.45. The van der Waals surface area contributed by atoms with Gasteiger partial charge in [0.05, 0.1) is 5.33 Å². The molecule has 20 heavy (non-hydrogen) atoms. The first-order valence-electron chi connectivity index (χ1n) is 6.57. The van der Waals surface area contributed by atoms with Crippen molar-refractivity contribution in [2.45, 2.75) is 20.5 Å². The van der Waals surface area contributed by atoms with E-state index in [1.165, 1.54) is 0 Å². The van der Waals surface area contributed by atoms with E-state index in [0.717, 1.165) is 5.56 Å². The summed E-state index contributed by atoms with van der Waals surface area (Å²) >= 11 is 3.16. The first kappa shape index (κ1) is 16.7. The highest BCUT2D eigenvalue weighted by Crippen LogP contribution is 2.12. The van der Waals surface area contributed by atoms with Crippen molar-refractivity contribution < 1.29 is 14.3 Å². The van der Waals surface area contributed by atoms with Gasteiger partial charge in [-0.3, -0.25) is 4.79 Å². The van der Waals surface area contributed by atoms with Crippen LogP contribution in [0.25, 0.3) is 0 Å². The Morgan fingerprint density at radius 3 is 2.45 bits per heavy atom. The zero-order valence-electron chi connectivity index (χ0n) is 11.8. The van der Waals surface area contributed by atoms with Gasteiger partial charge in [-0.05, 0) is 11.5 Å². The molecule has 110 valence electrons. The average Bonchev–Trinajstić information content (AvgIpc) is 2.45. The van der Waals surface area contributed by atoms with Crippen molar-refractivity contribution >= 4 is 27.8 Å². The molecule has 1 amide bonds. The van der Waals surface area contributed by atoms with Crippen molar-refractivity contribution in [3.63, 3.8) is 0 Å². The normalized spacial score (nSPS) is 12.0. The lowest BCUT2D eigenvalue weighted by molar-refractivity contribution is -0.121. The predicted molar refractivity (Wildman–Crippen MR) is 81.8 cm³/mol. The van der Waals surface area contributed by atoms with Gasteiger partial charge in [-0.1, -0.05) is 60.1 Å². The van der Waals surface area contributed by atoms with Crippen LogP contribution in [0.3, 0.4) is 0 Å². The van der Waals surface area contributed by atoms with Crippen LogP contribution in [0.4, 0.5) is 4.79 Å². The molecule has 0 saturated carbocycles. The molecule has 1 N–H and O–H groups in total. The number of Topliss-reactive ketones (excluding diaryl/α,β-unsaturated/α-hetero) is 1. The summed E-state index contributed by atoms with van der Waals surface area (Å²) in [6, 6.07) is 9.46. The van der Waals surface area contributed by atoms with Crippen LogP contribution in [0.2, 0.25) is 0 Å². The van der Waals surface area contributed by atoms with E-state index in [-0.39, 0.29) is 24.2 Å². The minimum Gasteiger partial charge on any atom is -0.445 e. The van der Waals surface area contributed by atoms with Crippen LogP contribution >= 0.6 is 15.9 Å². The predicted octanol–water partition coefficient (Wildman–Crippen LogP) is 3.15. The summed E-state index contributed by atoms with van der Waals surface area (Å²) in [6.07, 6.45) is -0.498. The fraction of sp³-hybridized carbons (Fsp3) is 0.467. The van der Waals surface area contributed by atoms with E-state index in [1.54, 1.807) is 0 Å². The smallest absolute Gasteiger partial charge is 0.407 e. The van der Waals surface area contributed by atoms with Gasteiger partial charge in [0, 0.05) is 12.5 Å². The molecule has 1 atom stereocenters. The maximum atomic E-state index is 11.7. The van der Waals surface area contributed by atoms with E-state index in [1.807, 2.05) is 44.2 Å². The van der Waals surface area contributed by atoms with Crippen LogP contribution in [-0.4, -0.2) is 23.8 Å². The van der Waals surface area contributed by atoms with Crippen molar-refractivity contribution in [3.8, 4) is 0 Å². The fourth-order valence-corrected chi connectivity index (χ4v) is 2.20. The fourth-order valence-electron chi connectivity index (χ4n) is 1.79. The molecule has 4 nitrogen and oxygen atoms in total. The summed E-state index contributed by atoms with van der Waals surface area (Å²) in [7, 11) is 0. The van der Waals surface area contributed by atoms with E-state index in [4.69, 9.17) is 4.74 Å². The average molecular weight is 342 g/mol. The largest absolute Gasteiger partial charge is 0.445 e. The molecule has 0 saturated heterocycles. The maximum Gasteiger partial charge on any atom is 0.407 e. The molecular weight excluding hydrogens is 322 g/mol. The summed E-state index contributed by atoms with van der Waals surface area (Å²) in [5.74, 6) is 0.0662. The van der Waals surface area contributed by atoms with Gasteiger partial charge in [0.25, 0.3) is 0 Å². The van der Waals surface area contributed by atoms with E-state index in [9.17, 15) is 9.59 Å². The van der Waals surface area contributed by atoms with Gasteiger partial charge in [0.1, 0.15) is 12.4 Å². The van der Waals surface area contributed by atoms with E-state index in [0.29, 0.717) is 11.9 Å². The molecule has 0 aliphatic carbocycles. The highest BCUT2D eigenvalue weighted by molar-refractivity contribution is 9.09. The maximum absolute atomic E-state index is 11.7. The van der Waals surface area contributed by atoms with Crippen molar-refractivity contribution in [1.29, 1.82) is 0 Å². The minimum absolute atomic E-state index is 0.0864. The number of halogens is 1. The van der Waals surface area contributed by atoms with Gasteiger partial charge in [-0.2, -0.15) is 0 Å². The summed E-state index contributed by atoms with van der Waals surface area (Å²) in [5, 5.41) is 2.95. The molecule has 1 rings (SSSR count). The molecule has 0 fully saturated rings. The molecule has 0 spiro atoms. The Hall–Kier alpha value is -1.36. The van der Waals surface area contributed by atoms with Crippen LogP contribution in [0, 0.1) is 11.8 Å². The first-order valence-corrected chi connectivity index (χ1v) is 7.70. The molecule has 0 aliphatic heterocycles. The Balaban J connectivity index is 2.36. The molecule has 0 aliphatic rings. The first-order chi connectivity index (χ1) is 9.54. The van der Waals surface area contributed by atoms with E-state index >= 15 is 0 Å². The van der Waals surface area contributed by atoms with Crippen molar-refractivity contribution in [3.05, 3.63) is 35.9 Å². The lowest BCUT2D eigenvalue weighted by Gasteiger charge is -2.19. The Bertz CT molecular complexity index is 434. The van der Waals surface area contributed by atoms with Gasteiger partial charge in [-0.15, -0.1) is 0 Å². The van der Waals surface area contributed by atoms with E-state index < -0.39 is 6.09 Å². The Morgan fingerprint density at radius 2 is 1.90 bits per heavy atom. The summed E-state index contributed by atoms with van der Waals surface area (Å²) in [6.45, 7) is 4.45. The van der Waals surface area contributed by atoms with Crippen LogP contribution in [0.1, 0.15) is 19.4 Å². The quantitative estimate of drug-likeness (QED) is 0.775. The lowest BCUT2D eigenvalue weighted by atomic mass is 9.92. The number of nitrogens with one attached hydrogen (secondary N) is 1. The zero-order valence-corrected chi connectivity index (χ0v) is 13.4. The monoisotopic (exact) mass is 341 g/mol. The summed E-state index contributed by atoms with van der Waals surface area (Å²) < 4.78 is 5.10. The third-order valence-corrected chi connectivity index (χ3v) is 3.58. The third-order valence-electron chi connectivity index (χ3n) is 3.03. The molecule has 1 aromatic rings. The Kier molecular flexibility index (Phi) is 7.30. The molecule has 1 aromatic carbocycles. The van der Waals surface area contributed by atoms with Gasteiger partial charge >= 0.3 is 6.09 Å². The number of carbonyl (C=O) groups excluding carboxylic acids is 2. The number of alkyl halides is 1. The van der Waals surface area contributed by atoms with Gasteiger partial charge in [0.15, 0.2) is 0 Å². The number of alkyl carbamates (subject to hydrolysis) is 1. The third kappa shape index (κ3) is 5.74. The van der Waals surface area contributed by atoms with Crippen LogP contribution in [0.5, 0.6) is 0 Å². The molecule has 5 heteroatoms. The lowest BCUT2D eigenvalue weighted by Crippen LogP contribution is -2.36. The second-order valence-electron chi connectivity index (χ2n) is 4.89. The Labute approximate surface area is 128 Å². The molecular formula is C15H20BrNO3. The number of ketones is 1. The van der Waals surface area contributed by atoms with Crippen LogP contribution < -0.4 is 5.32 Å². The second kappa shape index (κ2) is 8.74. The zero-order chi connectivity index (χ0) is 15.0. The molecule has 0 heterocycles. The standard InChI is InChI=1S/C15H20BrNO3/c1-11(2)13(14(18)8-16)9-17-15(19)20-10-12-6-4-3-5-7-12/h3-7,11,13H,8-10H2,1-2H3,(H,17,19). The van der Waals surface area contributed by atoms with E-state index in [2.05, 4.69) is 21.2 Å². The molecule has 0 bridgehead atoms. The minimum atomic E-state index is -0.498. The number of hydrogen-bond donors (Lipinski definition) is 1. The SMILES string of the molecule is CC(C)C(CNC(=O)OCc1ccccc1)C(=O)CBr. The number of amides is 1. The number of rotatable bonds is 7. The molecule has 1 unspecified atom stereocenters. The number of ether oxygens (including phenoxy) is 1. The van der Waals surface area contributed by atoms with Gasteiger partial charge < -0.3 is 10.1 Å². The highest BCUT2D eigenvalue weighted by atomic mass is 79.9.